The van der Waals surface area contributed by atoms with Crippen LogP contribution in [-0.4, -0.2) is 34.5 Å². The second-order valence-corrected chi connectivity index (χ2v) is 6.47. The average molecular weight is 255 g/mol. The van der Waals surface area contributed by atoms with Crippen molar-refractivity contribution < 1.29 is 14.7 Å². The molecule has 1 amide bonds. The molecule has 0 aromatic heterocycles. The van der Waals surface area contributed by atoms with Gasteiger partial charge in [-0.3, -0.25) is 9.59 Å². The van der Waals surface area contributed by atoms with Crippen molar-refractivity contribution in [1.82, 2.24) is 4.90 Å². The minimum Gasteiger partial charge on any atom is -0.481 e. The van der Waals surface area contributed by atoms with Crippen molar-refractivity contribution in [3.63, 3.8) is 0 Å². The molecule has 0 atom stereocenters. The molecule has 1 fully saturated rings. The third-order valence-electron chi connectivity index (χ3n) is 3.92. The highest BCUT2D eigenvalue weighted by molar-refractivity contribution is 5.83. The molecule has 0 heterocycles. The van der Waals surface area contributed by atoms with Gasteiger partial charge in [-0.1, -0.05) is 40.0 Å². The first kappa shape index (κ1) is 15.0. The highest BCUT2D eigenvalue weighted by atomic mass is 16.4. The Morgan fingerprint density at radius 1 is 1.17 bits per heavy atom. The summed E-state index contributed by atoms with van der Waals surface area (Å²) in [5.74, 6) is -0.781. The Bertz CT molecular complexity index is 324. The first-order chi connectivity index (χ1) is 8.19. The monoisotopic (exact) mass is 255 g/mol. The van der Waals surface area contributed by atoms with Crippen LogP contribution < -0.4 is 0 Å². The zero-order valence-corrected chi connectivity index (χ0v) is 12.0. The number of carboxylic acid groups (broad SMARTS) is 1. The number of hydrogen-bond acceptors (Lipinski definition) is 2. The molecule has 0 aliphatic heterocycles. The van der Waals surface area contributed by atoms with Crippen LogP contribution in [0.1, 0.15) is 59.3 Å². The van der Waals surface area contributed by atoms with E-state index in [1.165, 1.54) is 0 Å². The van der Waals surface area contributed by atoms with E-state index >= 15 is 0 Å². The van der Waals surface area contributed by atoms with Crippen LogP contribution in [0, 0.1) is 5.41 Å². The number of rotatable bonds is 3. The van der Waals surface area contributed by atoms with Crippen LogP contribution in [0.4, 0.5) is 0 Å². The molecule has 18 heavy (non-hydrogen) atoms. The second kappa shape index (κ2) is 5.29. The molecule has 0 unspecified atom stereocenters. The van der Waals surface area contributed by atoms with Crippen molar-refractivity contribution in [1.29, 1.82) is 0 Å². The lowest BCUT2D eigenvalue weighted by Crippen LogP contribution is -2.54. The number of nitrogens with zero attached hydrogens (tertiary/aromatic N) is 1. The highest BCUT2D eigenvalue weighted by Crippen LogP contribution is 2.37. The van der Waals surface area contributed by atoms with Crippen molar-refractivity contribution in [3.8, 4) is 0 Å². The lowest BCUT2D eigenvalue weighted by Gasteiger charge is -2.46. The van der Waals surface area contributed by atoms with Gasteiger partial charge < -0.3 is 10.0 Å². The molecule has 1 aliphatic rings. The van der Waals surface area contributed by atoms with Crippen molar-refractivity contribution in [3.05, 3.63) is 0 Å². The summed E-state index contributed by atoms with van der Waals surface area (Å²) in [4.78, 5) is 25.2. The van der Waals surface area contributed by atoms with E-state index in [0.717, 1.165) is 32.1 Å². The third-order valence-corrected chi connectivity index (χ3v) is 3.92. The van der Waals surface area contributed by atoms with Gasteiger partial charge in [0, 0.05) is 12.5 Å². The second-order valence-electron chi connectivity index (χ2n) is 6.47. The van der Waals surface area contributed by atoms with Crippen molar-refractivity contribution in [2.24, 2.45) is 5.41 Å². The molecule has 0 spiro atoms. The van der Waals surface area contributed by atoms with Crippen LogP contribution in [0.3, 0.4) is 0 Å². The minimum absolute atomic E-state index is 0.0330. The van der Waals surface area contributed by atoms with Gasteiger partial charge in [0.25, 0.3) is 0 Å². The molecule has 0 bridgehead atoms. The van der Waals surface area contributed by atoms with Gasteiger partial charge in [0.05, 0.1) is 12.0 Å². The fourth-order valence-corrected chi connectivity index (χ4v) is 2.84. The molecule has 4 nitrogen and oxygen atoms in total. The normalized spacial score (nSPS) is 19.3. The van der Waals surface area contributed by atoms with Crippen molar-refractivity contribution >= 4 is 11.9 Å². The lowest BCUT2D eigenvalue weighted by atomic mass is 9.77. The Balaban J connectivity index is 2.95. The predicted octanol–water partition coefficient (Wildman–Crippen LogP) is 2.67. The topological polar surface area (TPSA) is 57.6 Å². The van der Waals surface area contributed by atoms with Gasteiger partial charge in [-0.2, -0.15) is 0 Å². The van der Waals surface area contributed by atoms with Gasteiger partial charge in [-0.25, -0.2) is 0 Å². The zero-order valence-electron chi connectivity index (χ0n) is 12.0. The smallest absolute Gasteiger partial charge is 0.305 e. The molecule has 1 aliphatic carbocycles. The summed E-state index contributed by atoms with van der Waals surface area (Å²) in [6, 6.07) is 0. The fourth-order valence-electron chi connectivity index (χ4n) is 2.84. The van der Waals surface area contributed by atoms with Gasteiger partial charge in [-0.05, 0) is 12.8 Å². The summed E-state index contributed by atoms with van der Waals surface area (Å²) < 4.78 is 0. The minimum atomic E-state index is -0.814. The number of hydrogen-bond donors (Lipinski definition) is 1. The SMILES string of the molecule is CN(C(=O)C(C)(C)C)C1(CC(=O)O)CCCCC1. The van der Waals surface area contributed by atoms with E-state index in [9.17, 15) is 9.59 Å². The van der Waals surface area contributed by atoms with E-state index in [2.05, 4.69) is 0 Å². The summed E-state index contributed by atoms with van der Waals surface area (Å²) in [5.41, 5.74) is -0.938. The Morgan fingerprint density at radius 2 is 1.67 bits per heavy atom. The van der Waals surface area contributed by atoms with Gasteiger partial charge in [-0.15, -0.1) is 0 Å². The highest BCUT2D eigenvalue weighted by Gasteiger charge is 2.42. The van der Waals surface area contributed by atoms with E-state index in [1.54, 1.807) is 11.9 Å². The predicted molar refractivity (Wildman–Crippen MR) is 70.3 cm³/mol. The summed E-state index contributed by atoms with van der Waals surface area (Å²) in [5, 5.41) is 9.13. The standard InChI is InChI=1S/C14H25NO3/c1-13(2,3)12(18)15(4)14(10-11(16)17)8-6-5-7-9-14/h5-10H2,1-4H3,(H,16,17). The lowest BCUT2D eigenvalue weighted by molar-refractivity contribution is -0.150. The van der Waals surface area contributed by atoms with E-state index in [-0.39, 0.29) is 12.3 Å². The van der Waals surface area contributed by atoms with Crippen molar-refractivity contribution in [2.75, 3.05) is 7.05 Å². The number of aliphatic carboxylic acids is 1. The number of carboxylic acids is 1. The van der Waals surface area contributed by atoms with Gasteiger partial charge in [0.15, 0.2) is 0 Å². The molecule has 0 aromatic rings. The van der Waals surface area contributed by atoms with Crippen LogP contribution in [0.25, 0.3) is 0 Å². The molecular weight excluding hydrogens is 230 g/mol. The molecule has 1 rings (SSSR count). The molecule has 4 heteroatoms. The van der Waals surface area contributed by atoms with Crippen molar-refractivity contribution in [2.45, 2.75) is 64.8 Å². The van der Waals surface area contributed by atoms with Crippen LogP contribution in [0.5, 0.6) is 0 Å². The zero-order chi connectivity index (χ0) is 14.0. The molecule has 0 aromatic carbocycles. The largest absolute Gasteiger partial charge is 0.481 e. The Morgan fingerprint density at radius 3 is 2.06 bits per heavy atom. The van der Waals surface area contributed by atoms with Gasteiger partial charge in [0.2, 0.25) is 5.91 Å². The Kier molecular flexibility index (Phi) is 4.41. The Labute approximate surface area is 109 Å². The summed E-state index contributed by atoms with van der Waals surface area (Å²) in [6.07, 6.45) is 4.82. The van der Waals surface area contributed by atoms with E-state index in [0.29, 0.717) is 0 Å². The molecule has 1 N–H and O–H groups in total. The quantitative estimate of drug-likeness (QED) is 0.843. The fraction of sp³-hybridized carbons (Fsp3) is 0.857. The first-order valence-corrected chi connectivity index (χ1v) is 6.69. The van der Waals surface area contributed by atoms with E-state index in [4.69, 9.17) is 5.11 Å². The van der Waals surface area contributed by atoms with Crippen LogP contribution in [-0.2, 0) is 9.59 Å². The maximum Gasteiger partial charge on any atom is 0.305 e. The van der Waals surface area contributed by atoms with Crippen LogP contribution in [0.2, 0.25) is 0 Å². The van der Waals surface area contributed by atoms with Crippen LogP contribution in [0.15, 0.2) is 0 Å². The van der Waals surface area contributed by atoms with E-state index in [1.807, 2.05) is 20.8 Å². The number of carbonyl (C=O) groups excluding carboxylic acids is 1. The summed E-state index contributed by atoms with van der Waals surface area (Å²) in [7, 11) is 1.77. The molecule has 1 saturated carbocycles. The third kappa shape index (κ3) is 3.24. The molecular formula is C14H25NO3. The van der Waals surface area contributed by atoms with Gasteiger partial charge >= 0.3 is 5.97 Å². The number of amides is 1. The summed E-state index contributed by atoms with van der Waals surface area (Å²) >= 11 is 0. The average Bonchev–Trinajstić information content (AvgIpc) is 2.26. The maximum atomic E-state index is 12.4. The number of carbonyl (C=O) groups is 2. The molecule has 0 radical (unpaired) electrons. The summed E-state index contributed by atoms with van der Waals surface area (Å²) in [6.45, 7) is 5.63. The van der Waals surface area contributed by atoms with Crippen LogP contribution >= 0.6 is 0 Å². The van der Waals surface area contributed by atoms with E-state index < -0.39 is 16.9 Å². The molecule has 104 valence electrons. The first-order valence-electron chi connectivity index (χ1n) is 6.69. The Hall–Kier alpha value is -1.06. The maximum absolute atomic E-state index is 12.4. The van der Waals surface area contributed by atoms with Gasteiger partial charge in [0.1, 0.15) is 0 Å². The molecule has 0 saturated heterocycles.